The van der Waals surface area contributed by atoms with Crippen molar-refractivity contribution >= 4 is 18.0 Å². The van der Waals surface area contributed by atoms with Crippen molar-refractivity contribution in [3.8, 4) is 11.1 Å². The number of aliphatic carboxylic acids is 1. The van der Waals surface area contributed by atoms with Gasteiger partial charge in [-0.05, 0) is 40.3 Å². The second-order valence-corrected chi connectivity index (χ2v) is 10.1. The first-order valence-corrected chi connectivity index (χ1v) is 13.8. The van der Waals surface area contributed by atoms with Crippen LogP contribution >= 0.6 is 0 Å². The number of benzene rings is 4. The largest absolute Gasteiger partial charge is 0.480 e. The van der Waals surface area contributed by atoms with Crippen LogP contribution < -0.4 is 10.6 Å². The van der Waals surface area contributed by atoms with Crippen molar-refractivity contribution in [3.63, 3.8) is 0 Å². The van der Waals surface area contributed by atoms with Crippen LogP contribution in [0.4, 0.5) is 4.79 Å². The monoisotopic (exact) mass is 564 g/mol. The maximum Gasteiger partial charge on any atom is 0.408 e. The molecule has 4 aromatic carbocycles. The van der Waals surface area contributed by atoms with Gasteiger partial charge >= 0.3 is 12.1 Å². The van der Waals surface area contributed by atoms with E-state index in [0.29, 0.717) is 5.56 Å². The first kappa shape index (κ1) is 28.6. The molecule has 214 valence electrons. The van der Waals surface area contributed by atoms with Crippen molar-refractivity contribution in [1.29, 1.82) is 0 Å². The van der Waals surface area contributed by atoms with E-state index in [1.807, 2.05) is 78.9 Å². The zero-order valence-corrected chi connectivity index (χ0v) is 23.1. The Morgan fingerprint density at radius 3 is 1.90 bits per heavy atom. The second-order valence-electron chi connectivity index (χ2n) is 10.1. The summed E-state index contributed by atoms with van der Waals surface area (Å²) in [4.78, 5) is 38.6. The van der Waals surface area contributed by atoms with Gasteiger partial charge in [0.1, 0.15) is 12.6 Å². The molecule has 3 atom stereocenters. The van der Waals surface area contributed by atoms with Gasteiger partial charge in [-0.15, -0.1) is 0 Å². The van der Waals surface area contributed by atoms with Crippen molar-refractivity contribution in [3.05, 3.63) is 131 Å². The summed E-state index contributed by atoms with van der Waals surface area (Å²) in [5.41, 5.74) is 5.69. The van der Waals surface area contributed by atoms with Gasteiger partial charge in [-0.1, -0.05) is 109 Å². The van der Waals surface area contributed by atoms with Crippen LogP contribution in [0, 0.1) is 0 Å². The molecule has 8 nitrogen and oxygen atoms in total. The minimum atomic E-state index is -1.35. The highest BCUT2D eigenvalue weighted by Crippen LogP contribution is 2.44. The molecule has 1 aliphatic rings. The van der Waals surface area contributed by atoms with Crippen molar-refractivity contribution in [2.45, 2.75) is 37.6 Å². The van der Waals surface area contributed by atoms with Crippen LogP contribution in [0.5, 0.6) is 0 Å². The van der Waals surface area contributed by atoms with Crippen LogP contribution in [0.15, 0.2) is 109 Å². The zero-order chi connectivity index (χ0) is 29.5. The molecule has 5 rings (SSSR count). The molecular weight excluding hydrogens is 532 g/mol. The number of rotatable bonds is 11. The van der Waals surface area contributed by atoms with Gasteiger partial charge < -0.3 is 25.2 Å². The average molecular weight is 565 g/mol. The number of carbonyl (C=O) groups excluding carboxylic acids is 2. The summed E-state index contributed by atoms with van der Waals surface area (Å²) in [6.07, 6.45) is -1.64. The number of hydrogen-bond donors (Lipinski definition) is 3. The van der Waals surface area contributed by atoms with Gasteiger partial charge in [0.15, 0.2) is 6.04 Å². The van der Waals surface area contributed by atoms with Gasteiger partial charge in [0, 0.05) is 5.92 Å². The highest BCUT2D eigenvalue weighted by atomic mass is 16.5. The van der Waals surface area contributed by atoms with Gasteiger partial charge in [-0.2, -0.15) is 0 Å². The number of hydrogen-bond acceptors (Lipinski definition) is 5. The maximum absolute atomic E-state index is 13.5. The number of alkyl carbamates (subject to hydrolysis) is 1. The second kappa shape index (κ2) is 13.1. The van der Waals surface area contributed by atoms with Crippen LogP contribution in [0.2, 0.25) is 0 Å². The van der Waals surface area contributed by atoms with E-state index in [1.165, 1.54) is 0 Å². The first-order valence-electron chi connectivity index (χ1n) is 13.8. The van der Waals surface area contributed by atoms with E-state index in [4.69, 9.17) is 9.47 Å². The van der Waals surface area contributed by atoms with Gasteiger partial charge in [0.25, 0.3) is 0 Å². The number of ether oxygens (including phenoxy) is 2. The summed E-state index contributed by atoms with van der Waals surface area (Å²) in [5.74, 6) is -2.10. The fraction of sp³-hybridized carbons (Fsp3) is 0.206. The number of nitrogens with one attached hydrogen (secondary N) is 2. The van der Waals surface area contributed by atoms with Crippen molar-refractivity contribution < 1.29 is 29.0 Å². The Morgan fingerprint density at radius 2 is 1.31 bits per heavy atom. The predicted molar refractivity (Wildman–Crippen MR) is 158 cm³/mol. The Balaban J connectivity index is 1.27. The maximum atomic E-state index is 13.5. The fourth-order valence-electron chi connectivity index (χ4n) is 5.22. The average Bonchev–Trinajstić information content (AvgIpc) is 3.34. The topological polar surface area (TPSA) is 114 Å². The summed E-state index contributed by atoms with van der Waals surface area (Å²) >= 11 is 0. The standard InChI is InChI=1S/C34H32N2O6/c1-22(41-20-23-12-4-2-5-13-23)30(33(38)39)35-32(37)31(24-14-6-3-7-15-24)36-34(40)42-21-29-27-18-10-8-16-25(27)26-17-9-11-19-28(26)29/h2-19,22,29-31H,20-21H2,1H3,(H,35,37)(H,36,40)(H,38,39)/t22-,30+,31+/m1/s1. The van der Waals surface area contributed by atoms with E-state index < -0.39 is 36.2 Å². The lowest BCUT2D eigenvalue weighted by Crippen LogP contribution is -2.52. The molecule has 0 aromatic heterocycles. The van der Waals surface area contributed by atoms with Gasteiger partial charge in [0.2, 0.25) is 5.91 Å². The highest BCUT2D eigenvalue weighted by molar-refractivity contribution is 5.90. The third-order valence-electron chi connectivity index (χ3n) is 7.39. The zero-order valence-electron chi connectivity index (χ0n) is 23.1. The molecule has 0 saturated heterocycles. The molecule has 3 N–H and O–H groups in total. The summed E-state index contributed by atoms with van der Waals surface area (Å²) in [7, 11) is 0. The predicted octanol–water partition coefficient (Wildman–Crippen LogP) is 5.44. The van der Waals surface area contributed by atoms with E-state index in [9.17, 15) is 19.5 Å². The smallest absolute Gasteiger partial charge is 0.408 e. The molecule has 0 unspecified atom stereocenters. The molecule has 0 heterocycles. The number of carbonyl (C=O) groups is 3. The summed E-state index contributed by atoms with van der Waals surface area (Å²) in [5, 5.41) is 15.1. The van der Waals surface area contributed by atoms with E-state index >= 15 is 0 Å². The molecule has 1 aliphatic carbocycles. The molecule has 8 heteroatoms. The molecule has 0 radical (unpaired) electrons. The van der Waals surface area contributed by atoms with Crippen LogP contribution in [0.3, 0.4) is 0 Å². The molecular formula is C34H32N2O6. The SMILES string of the molecule is C[C@@H](OCc1ccccc1)[C@H](NC(=O)[C@@H](NC(=O)OCC1c2ccccc2-c2ccccc21)c1ccccc1)C(=O)O. The Hall–Kier alpha value is -4.95. The van der Waals surface area contributed by atoms with Gasteiger partial charge in [-0.25, -0.2) is 9.59 Å². The minimum Gasteiger partial charge on any atom is -0.480 e. The highest BCUT2D eigenvalue weighted by Gasteiger charge is 2.33. The molecule has 0 saturated carbocycles. The third-order valence-corrected chi connectivity index (χ3v) is 7.39. The number of carboxylic acid groups (broad SMARTS) is 1. The minimum absolute atomic E-state index is 0.0745. The first-order chi connectivity index (χ1) is 20.4. The lowest BCUT2D eigenvalue weighted by Gasteiger charge is -2.25. The molecule has 0 spiro atoms. The van der Waals surface area contributed by atoms with Crippen LogP contribution in [-0.2, 0) is 25.7 Å². The lowest BCUT2D eigenvalue weighted by atomic mass is 9.98. The Morgan fingerprint density at radius 1 is 0.762 bits per heavy atom. The van der Waals surface area contributed by atoms with Crippen molar-refractivity contribution in [1.82, 2.24) is 10.6 Å². The molecule has 0 aliphatic heterocycles. The Kier molecular flexibility index (Phi) is 8.94. The summed E-state index contributed by atoms with van der Waals surface area (Å²) in [6.45, 7) is 1.84. The Labute approximate surface area is 244 Å². The molecule has 0 bridgehead atoms. The quantitative estimate of drug-likeness (QED) is 0.224. The third kappa shape index (κ3) is 6.50. The van der Waals surface area contributed by atoms with Gasteiger partial charge in [-0.3, -0.25) is 4.79 Å². The number of carboxylic acids is 1. The van der Waals surface area contributed by atoms with Crippen LogP contribution in [0.25, 0.3) is 11.1 Å². The fourth-order valence-corrected chi connectivity index (χ4v) is 5.22. The number of amides is 2. The molecule has 2 amide bonds. The molecule has 0 fully saturated rings. The van der Waals surface area contributed by atoms with E-state index in [0.717, 1.165) is 27.8 Å². The van der Waals surface area contributed by atoms with E-state index in [2.05, 4.69) is 10.6 Å². The summed E-state index contributed by atoms with van der Waals surface area (Å²) in [6, 6.07) is 31.4. The normalized spacial score (nSPS) is 14.1. The molecule has 42 heavy (non-hydrogen) atoms. The van der Waals surface area contributed by atoms with E-state index in [1.54, 1.807) is 37.3 Å². The lowest BCUT2D eigenvalue weighted by molar-refractivity contribution is -0.146. The summed E-state index contributed by atoms with van der Waals surface area (Å²) < 4.78 is 11.4. The number of fused-ring (bicyclic) bond motifs is 3. The molecule has 4 aromatic rings. The van der Waals surface area contributed by atoms with Gasteiger partial charge in [0.05, 0.1) is 12.7 Å². The van der Waals surface area contributed by atoms with Crippen LogP contribution in [0.1, 0.15) is 41.1 Å². The van der Waals surface area contributed by atoms with Crippen molar-refractivity contribution in [2.24, 2.45) is 0 Å². The Bertz CT molecular complexity index is 1500. The van der Waals surface area contributed by atoms with E-state index in [-0.39, 0.29) is 19.1 Å². The van der Waals surface area contributed by atoms with Crippen LogP contribution in [-0.4, -0.2) is 41.8 Å². The van der Waals surface area contributed by atoms with Crippen molar-refractivity contribution in [2.75, 3.05) is 6.61 Å².